The van der Waals surface area contributed by atoms with Crippen LogP contribution in [0.1, 0.15) is 38.6 Å². The normalized spacial score (nSPS) is 17.1. The van der Waals surface area contributed by atoms with Crippen molar-refractivity contribution < 1.29 is 4.39 Å². The number of imidazole rings is 1. The van der Waals surface area contributed by atoms with Crippen molar-refractivity contribution in [3.8, 4) is 11.3 Å². The molecule has 0 N–H and O–H groups in total. The lowest BCUT2D eigenvalue weighted by molar-refractivity contribution is 0.487. The van der Waals surface area contributed by atoms with Crippen LogP contribution in [0.15, 0.2) is 36.8 Å². The number of halogens is 1. The molecule has 1 aliphatic heterocycles. The van der Waals surface area contributed by atoms with Gasteiger partial charge in [0.15, 0.2) is 5.82 Å². The maximum Gasteiger partial charge on any atom is 0.214 e. The van der Waals surface area contributed by atoms with Crippen LogP contribution in [0.4, 0.5) is 9.52 Å². The van der Waals surface area contributed by atoms with Gasteiger partial charge < -0.3 is 9.47 Å². The van der Waals surface area contributed by atoms with Crippen molar-refractivity contribution >= 4 is 21.4 Å². The van der Waals surface area contributed by atoms with E-state index in [2.05, 4.69) is 38.5 Å². The van der Waals surface area contributed by atoms with Crippen LogP contribution in [0.25, 0.3) is 16.2 Å². The van der Waals surface area contributed by atoms with Crippen molar-refractivity contribution in [1.82, 2.24) is 29.4 Å². The Hall–Kier alpha value is -2.81. The second-order valence-corrected chi connectivity index (χ2v) is 8.77. The summed E-state index contributed by atoms with van der Waals surface area (Å²) in [4.78, 5) is 7.83. The van der Waals surface area contributed by atoms with Gasteiger partial charge in [-0.05, 0) is 43.0 Å². The fourth-order valence-corrected chi connectivity index (χ4v) is 4.84. The maximum absolute atomic E-state index is 13.2. The van der Waals surface area contributed by atoms with Crippen molar-refractivity contribution in [2.75, 3.05) is 11.4 Å². The molecule has 4 heterocycles. The van der Waals surface area contributed by atoms with E-state index < -0.39 is 0 Å². The van der Waals surface area contributed by atoms with Gasteiger partial charge in [0.05, 0.1) is 17.9 Å². The zero-order valence-corrected chi connectivity index (χ0v) is 17.2. The van der Waals surface area contributed by atoms with Crippen molar-refractivity contribution in [3.63, 3.8) is 0 Å². The van der Waals surface area contributed by atoms with Gasteiger partial charge in [-0.1, -0.05) is 25.2 Å². The van der Waals surface area contributed by atoms with Gasteiger partial charge in [0.2, 0.25) is 10.1 Å². The smallest absolute Gasteiger partial charge is 0.214 e. The molecule has 5 rings (SSSR count). The van der Waals surface area contributed by atoms with Gasteiger partial charge in [-0.15, -0.1) is 15.3 Å². The molecule has 7 nitrogen and oxygen atoms in total. The molecule has 1 saturated heterocycles. The molecule has 1 aromatic carbocycles. The number of benzene rings is 1. The molecule has 0 aliphatic carbocycles. The van der Waals surface area contributed by atoms with Crippen LogP contribution in [-0.2, 0) is 6.54 Å². The van der Waals surface area contributed by atoms with Gasteiger partial charge in [-0.3, -0.25) is 0 Å². The highest BCUT2D eigenvalue weighted by Crippen LogP contribution is 2.38. The Morgan fingerprint density at radius 1 is 1.24 bits per heavy atom. The predicted octanol–water partition coefficient (Wildman–Crippen LogP) is 4.19. The Bertz CT molecular complexity index is 1100. The SMILES string of the molecule is CC(C)Cn1cnnc1C1CCCN1c1nn2cc(-c3ccc(F)cc3)nc2s1. The quantitative estimate of drug-likeness (QED) is 0.493. The summed E-state index contributed by atoms with van der Waals surface area (Å²) in [6.45, 7) is 6.26. The molecule has 0 saturated carbocycles. The Kier molecular flexibility index (Phi) is 4.54. The first-order chi connectivity index (χ1) is 14.1. The first-order valence-corrected chi connectivity index (χ1v) is 10.7. The summed E-state index contributed by atoms with van der Waals surface area (Å²) in [5, 5.41) is 14.3. The average Bonchev–Trinajstić information content (AvgIpc) is 3.44. The van der Waals surface area contributed by atoms with Crippen LogP contribution < -0.4 is 4.90 Å². The summed E-state index contributed by atoms with van der Waals surface area (Å²) in [5.41, 5.74) is 1.68. The second kappa shape index (κ2) is 7.22. The largest absolute Gasteiger partial charge is 0.336 e. The molecular formula is C20H22FN7S. The number of hydrogen-bond acceptors (Lipinski definition) is 6. The summed E-state index contributed by atoms with van der Waals surface area (Å²) >= 11 is 1.57. The summed E-state index contributed by atoms with van der Waals surface area (Å²) in [7, 11) is 0. The van der Waals surface area contributed by atoms with E-state index in [1.54, 1.807) is 23.5 Å². The van der Waals surface area contributed by atoms with E-state index in [9.17, 15) is 4.39 Å². The third-order valence-electron chi connectivity index (χ3n) is 5.18. The fraction of sp³-hybridized carbons (Fsp3) is 0.400. The maximum atomic E-state index is 13.2. The van der Waals surface area contributed by atoms with Crippen molar-refractivity contribution in [3.05, 3.63) is 48.4 Å². The number of rotatable bonds is 5. The molecule has 1 aliphatic rings. The standard InChI is InChI=1S/C20H22FN7S/c1-13(2)10-26-12-22-24-18(26)17-4-3-9-27(17)20-25-28-11-16(23-19(28)29-20)14-5-7-15(21)8-6-14/h5-8,11-13,17H,3-4,9-10H2,1-2H3. The van der Waals surface area contributed by atoms with Crippen molar-refractivity contribution in [2.24, 2.45) is 5.92 Å². The molecule has 0 spiro atoms. The Balaban J connectivity index is 1.43. The van der Waals surface area contributed by atoms with E-state index in [-0.39, 0.29) is 11.9 Å². The highest BCUT2D eigenvalue weighted by molar-refractivity contribution is 7.20. The second-order valence-electron chi connectivity index (χ2n) is 7.83. The van der Waals surface area contributed by atoms with Crippen LogP contribution in [0.2, 0.25) is 0 Å². The summed E-state index contributed by atoms with van der Waals surface area (Å²) in [5.74, 6) is 1.30. The molecular weight excluding hydrogens is 389 g/mol. The zero-order valence-electron chi connectivity index (χ0n) is 16.4. The molecule has 4 aromatic rings. The highest BCUT2D eigenvalue weighted by Gasteiger charge is 2.32. The van der Waals surface area contributed by atoms with E-state index in [1.165, 1.54) is 12.1 Å². The van der Waals surface area contributed by atoms with Gasteiger partial charge in [0.25, 0.3) is 0 Å². The third kappa shape index (κ3) is 3.39. The van der Waals surface area contributed by atoms with Gasteiger partial charge in [-0.25, -0.2) is 13.9 Å². The fourth-order valence-electron chi connectivity index (χ4n) is 3.89. The number of fused-ring (bicyclic) bond motifs is 1. The highest BCUT2D eigenvalue weighted by atomic mass is 32.1. The molecule has 3 aromatic heterocycles. The van der Waals surface area contributed by atoms with Gasteiger partial charge in [-0.2, -0.15) is 0 Å². The minimum atomic E-state index is -0.249. The minimum Gasteiger partial charge on any atom is -0.336 e. The Morgan fingerprint density at radius 2 is 2.07 bits per heavy atom. The molecule has 0 amide bonds. The monoisotopic (exact) mass is 411 g/mol. The lowest BCUT2D eigenvalue weighted by Gasteiger charge is -2.23. The van der Waals surface area contributed by atoms with Crippen LogP contribution in [0.3, 0.4) is 0 Å². The zero-order chi connectivity index (χ0) is 20.0. The van der Waals surface area contributed by atoms with Gasteiger partial charge in [0.1, 0.15) is 12.1 Å². The number of anilines is 1. The van der Waals surface area contributed by atoms with E-state index in [4.69, 9.17) is 5.10 Å². The molecule has 9 heteroatoms. The van der Waals surface area contributed by atoms with Crippen LogP contribution in [-0.4, -0.2) is 35.9 Å². The molecule has 1 fully saturated rings. The van der Waals surface area contributed by atoms with Crippen molar-refractivity contribution in [2.45, 2.75) is 39.3 Å². The third-order valence-corrected chi connectivity index (χ3v) is 6.14. The molecule has 1 unspecified atom stereocenters. The molecule has 1 atom stereocenters. The van der Waals surface area contributed by atoms with Crippen LogP contribution >= 0.6 is 11.3 Å². The predicted molar refractivity (Wildman–Crippen MR) is 110 cm³/mol. The first kappa shape index (κ1) is 18.2. The number of aromatic nitrogens is 6. The first-order valence-electron chi connectivity index (χ1n) is 9.85. The van der Waals surface area contributed by atoms with E-state index in [1.807, 2.05) is 17.0 Å². The van der Waals surface area contributed by atoms with Crippen LogP contribution in [0.5, 0.6) is 0 Å². The van der Waals surface area contributed by atoms with Crippen molar-refractivity contribution in [1.29, 1.82) is 0 Å². The minimum absolute atomic E-state index is 0.184. The van der Waals surface area contributed by atoms with Gasteiger partial charge >= 0.3 is 0 Å². The molecule has 0 radical (unpaired) electrons. The summed E-state index contributed by atoms with van der Waals surface area (Å²) in [6.07, 6.45) is 5.87. The lowest BCUT2D eigenvalue weighted by Crippen LogP contribution is -2.25. The topological polar surface area (TPSA) is 64.1 Å². The summed E-state index contributed by atoms with van der Waals surface area (Å²) in [6, 6.07) is 6.55. The van der Waals surface area contributed by atoms with Gasteiger partial charge in [0, 0.05) is 18.7 Å². The molecule has 29 heavy (non-hydrogen) atoms. The van der Waals surface area contributed by atoms with E-state index >= 15 is 0 Å². The number of hydrogen-bond donors (Lipinski definition) is 0. The number of nitrogens with zero attached hydrogens (tertiary/aromatic N) is 7. The molecule has 150 valence electrons. The summed E-state index contributed by atoms with van der Waals surface area (Å²) < 4.78 is 17.1. The van der Waals surface area contributed by atoms with E-state index in [0.29, 0.717) is 5.92 Å². The molecule has 0 bridgehead atoms. The van der Waals surface area contributed by atoms with Crippen LogP contribution in [0, 0.1) is 11.7 Å². The van der Waals surface area contributed by atoms with E-state index in [0.717, 1.165) is 53.1 Å². The Morgan fingerprint density at radius 3 is 2.83 bits per heavy atom. The average molecular weight is 412 g/mol. The lowest BCUT2D eigenvalue weighted by atomic mass is 10.2. The Labute approximate surface area is 171 Å².